The lowest BCUT2D eigenvalue weighted by Gasteiger charge is -2.23. The summed E-state index contributed by atoms with van der Waals surface area (Å²) in [5.41, 5.74) is 6.17. The summed E-state index contributed by atoms with van der Waals surface area (Å²) in [5, 5.41) is -0.410. The number of halogens is 1. The maximum atomic E-state index is 14.4. The first-order valence-electron chi connectivity index (χ1n) is 12.6. The average Bonchev–Trinajstić information content (AvgIpc) is 2.90. The summed E-state index contributed by atoms with van der Waals surface area (Å²) in [4.78, 5) is 21.3. The molecule has 1 aliphatic heterocycles. The van der Waals surface area contributed by atoms with Gasteiger partial charge in [-0.25, -0.2) is 19.1 Å². The number of ether oxygens (including phenoxy) is 3. The van der Waals surface area contributed by atoms with E-state index in [0.29, 0.717) is 30.2 Å². The Morgan fingerprint density at radius 2 is 1.97 bits per heavy atom. The van der Waals surface area contributed by atoms with Crippen molar-refractivity contribution < 1.29 is 31.8 Å². The number of nitrogens with zero attached hydrogens (tertiary/aromatic N) is 2. The second kappa shape index (κ2) is 12.4. The Morgan fingerprint density at radius 1 is 1.15 bits per heavy atom. The van der Waals surface area contributed by atoms with E-state index in [1.54, 1.807) is 6.07 Å². The van der Waals surface area contributed by atoms with Gasteiger partial charge in [-0.3, -0.25) is 4.79 Å². The van der Waals surface area contributed by atoms with Crippen molar-refractivity contribution >= 4 is 21.7 Å². The lowest BCUT2D eigenvalue weighted by molar-refractivity contribution is -0.0120. The van der Waals surface area contributed by atoms with Gasteiger partial charge in [-0.05, 0) is 61.6 Å². The van der Waals surface area contributed by atoms with Crippen LogP contribution < -0.4 is 19.9 Å². The molecule has 3 aromatic rings. The third kappa shape index (κ3) is 7.64. The van der Waals surface area contributed by atoms with Crippen LogP contribution >= 0.6 is 0 Å². The van der Waals surface area contributed by atoms with Crippen molar-refractivity contribution in [3.8, 4) is 22.9 Å². The quantitative estimate of drug-likeness (QED) is 0.378. The number of nitrogen functional groups attached to an aromatic ring is 1. The first-order chi connectivity index (χ1) is 18.6. The summed E-state index contributed by atoms with van der Waals surface area (Å²) < 4.78 is 59.2. The summed E-state index contributed by atoms with van der Waals surface area (Å²) in [7, 11) is -4.33. The van der Waals surface area contributed by atoms with E-state index in [9.17, 15) is 17.6 Å². The zero-order valence-electron chi connectivity index (χ0n) is 21.7. The van der Waals surface area contributed by atoms with E-state index in [1.807, 2.05) is 18.6 Å². The molecule has 0 saturated carbocycles. The minimum atomic E-state index is -4.33. The number of rotatable bonds is 10. The minimum Gasteiger partial charge on any atom is -0.493 e. The highest BCUT2D eigenvalue weighted by atomic mass is 32.2. The molecule has 1 atom stereocenters. The van der Waals surface area contributed by atoms with Crippen LogP contribution in [0.3, 0.4) is 0 Å². The molecular weight excluding hydrogens is 527 g/mol. The van der Waals surface area contributed by atoms with Gasteiger partial charge < -0.3 is 19.9 Å². The van der Waals surface area contributed by atoms with Crippen molar-refractivity contribution in [2.75, 3.05) is 25.6 Å². The van der Waals surface area contributed by atoms with Crippen LogP contribution in [0, 0.1) is 11.7 Å². The molecular formula is C27H31FN4O6S. The molecule has 208 valence electrons. The van der Waals surface area contributed by atoms with Gasteiger partial charge in [-0.15, -0.1) is 0 Å². The maximum absolute atomic E-state index is 14.4. The highest BCUT2D eigenvalue weighted by Crippen LogP contribution is 2.29. The summed E-state index contributed by atoms with van der Waals surface area (Å²) in [6, 6.07) is 11.1. The molecule has 2 aromatic heterocycles. The van der Waals surface area contributed by atoms with Gasteiger partial charge in [0.1, 0.15) is 29.6 Å². The standard InChI is InChI=1S/C27H31FN4O6S/c1-17(2)15-37-21-13-18(12-19(28)14-21)23-10-9-22(27(30-23)38-16-20-6-3-4-11-36-20)26(33)32-39(34,35)25-8-5-7-24(29)31-25/h5,7-10,12-14,17,20H,3-4,6,11,15-16H2,1-2H3,(H2,29,31)(H,32,33). The number of carbonyl (C=O) groups excluding carboxylic acids is 1. The summed E-state index contributed by atoms with van der Waals surface area (Å²) in [5.74, 6) is -1.05. The Labute approximate surface area is 226 Å². The molecule has 1 unspecified atom stereocenters. The molecule has 4 rings (SSSR count). The predicted molar refractivity (Wildman–Crippen MR) is 142 cm³/mol. The van der Waals surface area contributed by atoms with Gasteiger partial charge >= 0.3 is 0 Å². The van der Waals surface area contributed by atoms with E-state index in [1.165, 1.54) is 42.5 Å². The topological polar surface area (TPSA) is 143 Å². The van der Waals surface area contributed by atoms with Gasteiger partial charge in [-0.1, -0.05) is 19.9 Å². The number of pyridine rings is 2. The number of sulfonamides is 1. The smallest absolute Gasteiger partial charge is 0.281 e. The Balaban J connectivity index is 1.65. The number of nitrogens with two attached hydrogens (primary N) is 1. The molecule has 1 saturated heterocycles. The zero-order valence-corrected chi connectivity index (χ0v) is 22.5. The van der Waals surface area contributed by atoms with Crippen LogP contribution in [-0.4, -0.2) is 50.2 Å². The van der Waals surface area contributed by atoms with Crippen molar-refractivity contribution in [2.24, 2.45) is 5.92 Å². The van der Waals surface area contributed by atoms with E-state index >= 15 is 0 Å². The number of carbonyl (C=O) groups is 1. The monoisotopic (exact) mass is 558 g/mol. The molecule has 1 aliphatic rings. The highest BCUT2D eigenvalue weighted by Gasteiger charge is 2.25. The van der Waals surface area contributed by atoms with Crippen molar-refractivity contribution in [1.82, 2.24) is 14.7 Å². The van der Waals surface area contributed by atoms with Crippen LogP contribution in [0.15, 0.2) is 53.6 Å². The van der Waals surface area contributed by atoms with Gasteiger partial charge in [0, 0.05) is 18.2 Å². The zero-order chi connectivity index (χ0) is 28.0. The van der Waals surface area contributed by atoms with E-state index in [0.717, 1.165) is 19.3 Å². The molecule has 3 N–H and O–H groups in total. The van der Waals surface area contributed by atoms with Gasteiger partial charge in [0.2, 0.25) is 5.88 Å². The third-order valence-electron chi connectivity index (χ3n) is 5.78. The van der Waals surface area contributed by atoms with Crippen molar-refractivity contribution in [3.63, 3.8) is 0 Å². The number of amides is 1. The molecule has 0 spiro atoms. The molecule has 12 heteroatoms. The highest BCUT2D eigenvalue weighted by molar-refractivity contribution is 7.90. The molecule has 10 nitrogen and oxygen atoms in total. The number of nitrogens with one attached hydrogen (secondary N) is 1. The largest absolute Gasteiger partial charge is 0.493 e. The second-order valence-corrected chi connectivity index (χ2v) is 11.2. The molecule has 0 bridgehead atoms. The molecule has 0 radical (unpaired) electrons. The molecule has 1 amide bonds. The molecule has 0 aliphatic carbocycles. The fourth-order valence-electron chi connectivity index (χ4n) is 3.86. The fourth-order valence-corrected chi connectivity index (χ4v) is 4.80. The summed E-state index contributed by atoms with van der Waals surface area (Å²) >= 11 is 0. The van der Waals surface area contributed by atoms with Crippen molar-refractivity contribution in [2.45, 2.75) is 44.2 Å². The third-order valence-corrected chi connectivity index (χ3v) is 7.01. The Kier molecular flexibility index (Phi) is 8.97. The SMILES string of the molecule is CC(C)COc1cc(F)cc(-c2ccc(C(=O)NS(=O)(=O)c3cccc(N)n3)c(OCC3CCCCO3)n2)c1. The lowest BCUT2D eigenvalue weighted by atomic mass is 10.1. The van der Waals surface area contributed by atoms with Crippen LogP contribution in [0.4, 0.5) is 10.2 Å². The van der Waals surface area contributed by atoms with Gasteiger partial charge in [0.05, 0.1) is 18.4 Å². The summed E-state index contributed by atoms with van der Waals surface area (Å²) in [6.07, 6.45) is 2.50. The average molecular weight is 559 g/mol. The van der Waals surface area contributed by atoms with Crippen molar-refractivity contribution in [3.05, 3.63) is 59.9 Å². The van der Waals surface area contributed by atoms with E-state index in [2.05, 4.69) is 9.97 Å². The second-order valence-electron chi connectivity index (χ2n) is 9.56. The molecule has 3 heterocycles. The first kappa shape index (κ1) is 28.2. The van der Waals surface area contributed by atoms with Crippen LogP contribution in [0.25, 0.3) is 11.3 Å². The van der Waals surface area contributed by atoms with Gasteiger partial charge in [0.15, 0.2) is 5.03 Å². The summed E-state index contributed by atoms with van der Waals surface area (Å²) in [6.45, 7) is 5.07. The molecule has 39 heavy (non-hydrogen) atoms. The number of anilines is 1. The Morgan fingerprint density at radius 3 is 2.69 bits per heavy atom. The van der Waals surface area contributed by atoms with E-state index in [-0.39, 0.29) is 35.9 Å². The number of benzene rings is 1. The van der Waals surface area contributed by atoms with Crippen LogP contribution in [0.2, 0.25) is 0 Å². The first-order valence-corrected chi connectivity index (χ1v) is 14.1. The van der Waals surface area contributed by atoms with Gasteiger partial charge in [0.25, 0.3) is 15.9 Å². The van der Waals surface area contributed by atoms with Crippen LogP contribution in [0.1, 0.15) is 43.5 Å². The maximum Gasteiger partial charge on any atom is 0.281 e. The minimum absolute atomic E-state index is 0.0142. The van der Waals surface area contributed by atoms with E-state index < -0.39 is 26.8 Å². The normalized spacial score (nSPS) is 15.6. The number of aromatic nitrogens is 2. The fraction of sp³-hybridized carbons (Fsp3) is 0.370. The number of hydrogen-bond acceptors (Lipinski definition) is 9. The van der Waals surface area contributed by atoms with Crippen LogP contribution in [0.5, 0.6) is 11.6 Å². The number of hydrogen-bond donors (Lipinski definition) is 2. The van der Waals surface area contributed by atoms with E-state index in [4.69, 9.17) is 19.9 Å². The Bertz CT molecular complexity index is 1430. The molecule has 1 fully saturated rings. The van der Waals surface area contributed by atoms with Crippen LogP contribution in [-0.2, 0) is 14.8 Å². The molecule has 1 aromatic carbocycles. The van der Waals surface area contributed by atoms with Gasteiger partial charge in [-0.2, -0.15) is 8.42 Å². The van der Waals surface area contributed by atoms with Crippen molar-refractivity contribution in [1.29, 1.82) is 0 Å². The lowest BCUT2D eigenvalue weighted by Crippen LogP contribution is -2.32. The Hall–Kier alpha value is -3.77. The predicted octanol–water partition coefficient (Wildman–Crippen LogP) is 3.97.